The number of aliphatic hydroxyl groups excluding tert-OH is 1. The van der Waals surface area contributed by atoms with Crippen LogP contribution in [-0.2, 0) is 0 Å². The molecule has 0 saturated heterocycles. The summed E-state index contributed by atoms with van der Waals surface area (Å²) in [5.74, 6) is 1.32. The Balaban J connectivity index is 1.78. The summed E-state index contributed by atoms with van der Waals surface area (Å²) in [6.07, 6.45) is 8.37. The second-order valence-corrected chi connectivity index (χ2v) is 5.67. The number of hydrogen-bond acceptors (Lipinski definition) is 3. The molecule has 4 atom stereocenters. The summed E-state index contributed by atoms with van der Waals surface area (Å²) in [6.45, 7) is 1.33. The zero-order valence-electron chi connectivity index (χ0n) is 10.6. The third-order valence-corrected chi connectivity index (χ3v) is 4.63. The molecule has 0 amide bonds. The van der Waals surface area contributed by atoms with Crippen LogP contribution in [0.4, 0.5) is 0 Å². The van der Waals surface area contributed by atoms with Gasteiger partial charge in [-0.15, -0.1) is 0 Å². The van der Waals surface area contributed by atoms with Crippen LogP contribution in [0.3, 0.4) is 0 Å². The van der Waals surface area contributed by atoms with Crippen molar-refractivity contribution in [2.24, 2.45) is 17.8 Å². The lowest BCUT2D eigenvalue weighted by atomic mass is 9.79. The van der Waals surface area contributed by atoms with Crippen LogP contribution >= 0.6 is 0 Å². The molecule has 0 radical (unpaired) electrons. The van der Waals surface area contributed by atoms with E-state index < -0.39 is 0 Å². The molecule has 3 heteroatoms. The van der Waals surface area contributed by atoms with E-state index in [1.807, 2.05) is 0 Å². The fraction of sp³-hybridized carbons (Fsp3) is 0.929. The van der Waals surface area contributed by atoms with E-state index in [9.17, 15) is 5.11 Å². The van der Waals surface area contributed by atoms with Crippen LogP contribution < -0.4 is 5.32 Å². The molecule has 2 saturated carbocycles. The van der Waals surface area contributed by atoms with Crippen molar-refractivity contribution in [3.8, 4) is 6.07 Å². The number of aliphatic hydroxyl groups is 1. The highest BCUT2D eigenvalue weighted by Gasteiger charge is 2.29. The van der Waals surface area contributed by atoms with Gasteiger partial charge in [-0.25, -0.2) is 0 Å². The Bertz CT molecular complexity index is 274. The van der Waals surface area contributed by atoms with Crippen LogP contribution in [0.1, 0.15) is 44.9 Å². The van der Waals surface area contributed by atoms with Crippen LogP contribution in [0.2, 0.25) is 0 Å². The fourth-order valence-electron chi connectivity index (χ4n) is 3.46. The standard InChI is InChI=1S/C14H24N2O/c15-8-11-6-3-7-14(11)16-9-12-4-1-2-5-13(12)10-17/h11-14,16-17H,1-7,9-10H2. The minimum absolute atomic E-state index is 0.214. The monoisotopic (exact) mass is 236 g/mol. The van der Waals surface area contributed by atoms with Gasteiger partial charge < -0.3 is 10.4 Å². The van der Waals surface area contributed by atoms with E-state index in [1.54, 1.807) is 0 Å². The van der Waals surface area contributed by atoms with Gasteiger partial charge in [-0.05, 0) is 44.1 Å². The van der Waals surface area contributed by atoms with Gasteiger partial charge in [-0.2, -0.15) is 5.26 Å². The molecule has 2 aliphatic carbocycles. The molecule has 96 valence electrons. The van der Waals surface area contributed by atoms with Gasteiger partial charge in [0.1, 0.15) is 0 Å². The highest BCUT2D eigenvalue weighted by Crippen LogP contribution is 2.30. The van der Waals surface area contributed by atoms with E-state index in [4.69, 9.17) is 5.26 Å². The molecule has 2 aliphatic rings. The third kappa shape index (κ3) is 3.20. The van der Waals surface area contributed by atoms with Crippen molar-refractivity contribution in [1.29, 1.82) is 5.26 Å². The fourth-order valence-corrected chi connectivity index (χ4v) is 3.46. The molecule has 0 heterocycles. The maximum atomic E-state index is 9.37. The Kier molecular flexibility index (Phi) is 4.82. The summed E-state index contributed by atoms with van der Waals surface area (Å²) < 4.78 is 0. The average Bonchev–Trinajstić information content (AvgIpc) is 2.84. The van der Waals surface area contributed by atoms with Gasteiger partial charge >= 0.3 is 0 Å². The first-order valence-corrected chi connectivity index (χ1v) is 7.09. The van der Waals surface area contributed by atoms with E-state index >= 15 is 0 Å². The molecular weight excluding hydrogens is 212 g/mol. The maximum Gasteiger partial charge on any atom is 0.0672 e. The molecule has 4 unspecified atom stereocenters. The van der Waals surface area contributed by atoms with Gasteiger partial charge in [-0.3, -0.25) is 0 Å². The molecule has 0 spiro atoms. The number of hydrogen-bond donors (Lipinski definition) is 2. The molecule has 0 aromatic carbocycles. The summed E-state index contributed by atoms with van der Waals surface area (Å²) in [5.41, 5.74) is 0. The Morgan fingerprint density at radius 1 is 1.06 bits per heavy atom. The highest BCUT2D eigenvalue weighted by molar-refractivity contribution is 4.96. The van der Waals surface area contributed by atoms with Gasteiger partial charge in [0, 0.05) is 12.6 Å². The summed E-state index contributed by atoms with van der Waals surface area (Å²) in [7, 11) is 0. The van der Waals surface area contributed by atoms with E-state index in [1.165, 1.54) is 32.1 Å². The van der Waals surface area contributed by atoms with Gasteiger partial charge in [-0.1, -0.05) is 19.3 Å². The Labute approximate surface area is 104 Å². The Morgan fingerprint density at radius 2 is 1.82 bits per heavy atom. The quantitative estimate of drug-likeness (QED) is 0.785. The molecule has 0 aliphatic heterocycles. The third-order valence-electron chi connectivity index (χ3n) is 4.63. The predicted molar refractivity (Wildman–Crippen MR) is 67.3 cm³/mol. The topological polar surface area (TPSA) is 56.0 Å². The molecule has 0 bridgehead atoms. The summed E-state index contributed by atoms with van der Waals surface area (Å²) >= 11 is 0. The van der Waals surface area contributed by atoms with Crippen LogP contribution in [0.15, 0.2) is 0 Å². The molecule has 17 heavy (non-hydrogen) atoms. The van der Waals surface area contributed by atoms with Crippen LogP contribution in [-0.4, -0.2) is 24.3 Å². The lowest BCUT2D eigenvalue weighted by Gasteiger charge is -2.31. The minimum atomic E-state index is 0.214. The molecule has 2 fully saturated rings. The van der Waals surface area contributed by atoms with Crippen molar-refractivity contribution in [1.82, 2.24) is 5.32 Å². The lowest BCUT2D eigenvalue weighted by molar-refractivity contribution is 0.130. The predicted octanol–water partition coefficient (Wildman–Crippen LogP) is 2.07. The molecule has 0 aromatic heterocycles. The highest BCUT2D eigenvalue weighted by atomic mass is 16.3. The van der Waals surface area contributed by atoms with Crippen molar-refractivity contribution in [2.45, 2.75) is 51.0 Å². The van der Waals surface area contributed by atoms with Gasteiger partial charge in [0.05, 0.1) is 12.0 Å². The first-order valence-electron chi connectivity index (χ1n) is 7.09. The summed E-state index contributed by atoms with van der Waals surface area (Å²) in [5, 5.41) is 22.0. The molecule has 2 rings (SSSR count). The number of nitrogens with one attached hydrogen (secondary N) is 1. The zero-order chi connectivity index (χ0) is 12.1. The van der Waals surface area contributed by atoms with Gasteiger partial charge in [0.15, 0.2) is 0 Å². The van der Waals surface area contributed by atoms with E-state index in [2.05, 4.69) is 11.4 Å². The van der Waals surface area contributed by atoms with E-state index in [-0.39, 0.29) is 5.92 Å². The maximum absolute atomic E-state index is 9.37. The van der Waals surface area contributed by atoms with Crippen LogP contribution in [0, 0.1) is 29.1 Å². The first-order chi connectivity index (χ1) is 8.35. The van der Waals surface area contributed by atoms with Gasteiger partial charge in [0.25, 0.3) is 0 Å². The number of nitrogens with zero attached hydrogens (tertiary/aromatic N) is 1. The molecular formula is C14H24N2O. The van der Waals surface area contributed by atoms with Crippen LogP contribution in [0.5, 0.6) is 0 Å². The van der Waals surface area contributed by atoms with E-state index in [0.717, 1.165) is 19.4 Å². The van der Waals surface area contributed by atoms with Crippen molar-refractivity contribution < 1.29 is 5.11 Å². The molecule has 3 nitrogen and oxygen atoms in total. The van der Waals surface area contributed by atoms with E-state index in [0.29, 0.717) is 24.5 Å². The number of nitriles is 1. The average molecular weight is 236 g/mol. The molecule has 2 N–H and O–H groups in total. The second kappa shape index (κ2) is 6.37. The normalized spacial score (nSPS) is 37.9. The van der Waals surface area contributed by atoms with Crippen molar-refractivity contribution in [3.05, 3.63) is 0 Å². The largest absolute Gasteiger partial charge is 0.396 e. The second-order valence-electron chi connectivity index (χ2n) is 5.67. The zero-order valence-corrected chi connectivity index (χ0v) is 10.6. The summed E-state index contributed by atoms with van der Waals surface area (Å²) in [6, 6.07) is 2.82. The smallest absolute Gasteiger partial charge is 0.0672 e. The van der Waals surface area contributed by atoms with Crippen molar-refractivity contribution >= 4 is 0 Å². The van der Waals surface area contributed by atoms with Crippen molar-refractivity contribution in [2.75, 3.05) is 13.2 Å². The lowest BCUT2D eigenvalue weighted by Crippen LogP contribution is -2.39. The van der Waals surface area contributed by atoms with Gasteiger partial charge in [0.2, 0.25) is 0 Å². The van der Waals surface area contributed by atoms with Crippen molar-refractivity contribution in [3.63, 3.8) is 0 Å². The minimum Gasteiger partial charge on any atom is -0.396 e. The SMILES string of the molecule is N#CC1CCCC1NCC1CCCCC1CO. The molecule has 0 aromatic rings. The van der Waals surface area contributed by atoms with Crippen LogP contribution in [0.25, 0.3) is 0 Å². The first kappa shape index (κ1) is 12.9. The number of rotatable bonds is 4. The Morgan fingerprint density at radius 3 is 2.53 bits per heavy atom. The summed E-state index contributed by atoms with van der Waals surface area (Å²) in [4.78, 5) is 0. The Hall–Kier alpha value is -0.590.